The summed E-state index contributed by atoms with van der Waals surface area (Å²) in [7, 11) is -7.62. The highest BCUT2D eigenvalue weighted by atomic mass is 35.5. The van der Waals surface area contributed by atoms with E-state index in [4.69, 9.17) is 11.6 Å². The Labute approximate surface area is 198 Å². The van der Waals surface area contributed by atoms with Crippen LogP contribution >= 0.6 is 22.9 Å². The number of rotatable bonds is 6. The summed E-state index contributed by atoms with van der Waals surface area (Å²) in [6.45, 7) is 2.64. The predicted octanol–water partition coefficient (Wildman–Crippen LogP) is 4.37. The SMILES string of the molecule is O=S(=O)(Nc1cccc(Cl)c1N1CCC2(CC1)CC2)c1ccc(S(=O)(=O)N2CCCC2)s1. The summed E-state index contributed by atoms with van der Waals surface area (Å²) in [5.74, 6) is 0. The zero-order valence-electron chi connectivity index (χ0n) is 17.6. The Balaban J connectivity index is 1.40. The molecule has 2 aliphatic heterocycles. The Morgan fingerprint density at radius 1 is 0.875 bits per heavy atom. The van der Waals surface area contributed by atoms with E-state index >= 15 is 0 Å². The summed E-state index contributed by atoms with van der Waals surface area (Å²) in [4.78, 5) is 2.15. The molecule has 32 heavy (non-hydrogen) atoms. The van der Waals surface area contributed by atoms with Crippen LogP contribution in [0.15, 0.2) is 38.8 Å². The summed E-state index contributed by atoms with van der Waals surface area (Å²) in [6, 6.07) is 7.93. The average Bonchev–Trinajstić information content (AvgIpc) is 3.19. The molecule has 3 heterocycles. The molecule has 1 N–H and O–H groups in total. The van der Waals surface area contributed by atoms with Gasteiger partial charge in [-0.1, -0.05) is 17.7 Å². The van der Waals surface area contributed by atoms with Crippen LogP contribution in [0, 0.1) is 5.41 Å². The van der Waals surface area contributed by atoms with Gasteiger partial charge in [-0.25, -0.2) is 16.8 Å². The van der Waals surface area contributed by atoms with Crippen molar-refractivity contribution >= 4 is 54.4 Å². The van der Waals surface area contributed by atoms with Gasteiger partial charge in [0.1, 0.15) is 8.42 Å². The number of para-hydroxylation sites is 1. The van der Waals surface area contributed by atoms with E-state index in [0.717, 1.165) is 50.1 Å². The van der Waals surface area contributed by atoms with Crippen LogP contribution in [0.4, 0.5) is 11.4 Å². The standard InChI is InChI=1S/C21H26ClN3O4S3/c22-16-4-3-5-17(20(16)24-14-10-21(8-9-21)11-15-24)23-31(26,27)18-6-7-19(30-18)32(28,29)25-12-1-2-13-25/h3-7,23H,1-2,8-15H2. The molecule has 1 spiro atoms. The molecular formula is C21H26ClN3O4S3. The highest BCUT2D eigenvalue weighted by Gasteiger charge is 2.44. The van der Waals surface area contributed by atoms with E-state index in [2.05, 4.69) is 9.62 Å². The molecule has 0 radical (unpaired) electrons. The van der Waals surface area contributed by atoms with Gasteiger partial charge in [0, 0.05) is 26.2 Å². The van der Waals surface area contributed by atoms with Gasteiger partial charge in [-0.2, -0.15) is 4.31 Å². The summed E-state index contributed by atoms with van der Waals surface area (Å²) in [6.07, 6.45) is 6.40. The van der Waals surface area contributed by atoms with Gasteiger partial charge in [-0.15, -0.1) is 11.3 Å². The molecule has 0 atom stereocenters. The van der Waals surface area contributed by atoms with Crippen molar-refractivity contribution < 1.29 is 16.8 Å². The second-order valence-corrected chi connectivity index (χ2v) is 14.5. The normalized spacial score (nSPS) is 21.2. The quantitative estimate of drug-likeness (QED) is 0.617. The number of hydrogen-bond acceptors (Lipinski definition) is 6. The molecule has 3 fully saturated rings. The smallest absolute Gasteiger partial charge is 0.271 e. The number of hydrogen-bond donors (Lipinski definition) is 1. The van der Waals surface area contributed by atoms with E-state index in [-0.39, 0.29) is 8.42 Å². The highest BCUT2D eigenvalue weighted by Crippen LogP contribution is 2.54. The number of halogens is 1. The lowest BCUT2D eigenvalue weighted by Crippen LogP contribution is -2.35. The van der Waals surface area contributed by atoms with Gasteiger partial charge in [0.05, 0.1) is 16.4 Å². The van der Waals surface area contributed by atoms with Gasteiger partial charge in [0.2, 0.25) is 0 Å². The molecule has 2 aromatic rings. The predicted molar refractivity (Wildman–Crippen MR) is 128 cm³/mol. The monoisotopic (exact) mass is 515 g/mol. The minimum atomic E-state index is -3.96. The zero-order chi connectivity index (χ0) is 22.6. The summed E-state index contributed by atoms with van der Waals surface area (Å²) >= 11 is 7.28. The number of nitrogens with zero attached hydrogens (tertiary/aromatic N) is 2. The molecule has 1 saturated carbocycles. The fourth-order valence-corrected chi connectivity index (χ4v) is 9.44. The maximum absolute atomic E-state index is 13.2. The minimum Gasteiger partial charge on any atom is -0.369 e. The molecule has 0 amide bonds. The highest BCUT2D eigenvalue weighted by molar-refractivity contribution is 7.96. The van der Waals surface area contributed by atoms with Crippen LogP contribution < -0.4 is 9.62 Å². The molecule has 1 aromatic carbocycles. The molecule has 3 aliphatic rings. The maximum Gasteiger partial charge on any atom is 0.271 e. The minimum absolute atomic E-state index is 0.0308. The van der Waals surface area contributed by atoms with Crippen LogP contribution in [0.1, 0.15) is 38.5 Å². The van der Waals surface area contributed by atoms with Crippen molar-refractivity contribution in [2.75, 3.05) is 35.8 Å². The number of benzene rings is 1. The number of nitrogens with one attached hydrogen (secondary N) is 1. The van der Waals surface area contributed by atoms with Crippen LogP contribution in [0.3, 0.4) is 0 Å². The lowest BCUT2D eigenvalue weighted by molar-refractivity contribution is 0.384. The number of thiophene rings is 1. The van der Waals surface area contributed by atoms with Crippen molar-refractivity contribution in [3.8, 4) is 0 Å². The first-order valence-corrected chi connectivity index (χ1v) is 15.0. The van der Waals surface area contributed by atoms with Crippen LogP contribution in [-0.4, -0.2) is 47.3 Å². The Morgan fingerprint density at radius 3 is 2.19 bits per heavy atom. The van der Waals surface area contributed by atoms with E-state index in [9.17, 15) is 16.8 Å². The van der Waals surface area contributed by atoms with Crippen molar-refractivity contribution in [1.82, 2.24) is 4.31 Å². The molecule has 1 aromatic heterocycles. The van der Waals surface area contributed by atoms with Gasteiger partial charge in [0.15, 0.2) is 0 Å². The molecule has 0 bridgehead atoms. The fraction of sp³-hybridized carbons (Fsp3) is 0.524. The second-order valence-electron chi connectivity index (χ2n) is 8.91. The maximum atomic E-state index is 13.2. The van der Waals surface area contributed by atoms with Crippen LogP contribution in [0.25, 0.3) is 0 Å². The van der Waals surface area contributed by atoms with Gasteiger partial charge in [-0.05, 0) is 68.2 Å². The van der Waals surface area contributed by atoms with Gasteiger partial charge in [0.25, 0.3) is 20.0 Å². The summed E-state index contributed by atoms with van der Waals surface area (Å²) in [5, 5.41) is 0.500. The fourth-order valence-electron chi connectivity index (χ4n) is 4.64. The van der Waals surface area contributed by atoms with E-state index in [1.54, 1.807) is 18.2 Å². The summed E-state index contributed by atoms with van der Waals surface area (Å²) in [5.41, 5.74) is 1.60. The number of sulfonamides is 2. The first-order chi connectivity index (χ1) is 15.2. The van der Waals surface area contributed by atoms with Crippen molar-refractivity contribution in [3.63, 3.8) is 0 Å². The third kappa shape index (κ3) is 4.16. The van der Waals surface area contributed by atoms with Crippen molar-refractivity contribution in [3.05, 3.63) is 35.4 Å². The Morgan fingerprint density at radius 2 is 1.53 bits per heavy atom. The van der Waals surface area contributed by atoms with Crippen LogP contribution in [0.5, 0.6) is 0 Å². The topological polar surface area (TPSA) is 86.8 Å². The van der Waals surface area contributed by atoms with Crippen LogP contribution in [0.2, 0.25) is 5.02 Å². The van der Waals surface area contributed by atoms with E-state index < -0.39 is 20.0 Å². The molecule has 1 aliphatic carbocycles. The number of piperidine rings is 1. The summed E-state index contributed by atoms with van der Waals surface area (Å²) < 4.78 is 56.0. The Hall–Kier alpha value is -1.33. The molecule has 7 nitrogen and oxygen atoms in total. The van der Waals surface area contributed by atoms with E-state index in [1.807, 2.05) is 0 Å². The first-order valence-electron chi connectivity index (χ1n) is 10.9. The lowest BCUT2D eigenvalue weighted by Gasteiger charge is -2.35. The second kappa shape index (κ2) is 8.16. The lowest BCUT2D eigenvalue weighted by atomic mass is 9.93. The van der Waals surface area contributed by atoms with Crippen molar-refractivity contribution in [2.45, 2.75) is 46.9 Å². The van der Waals surface area contributed by atoms with Crippen LogP contribution in [-0.2, 0) is 20.0 Å². The molecule has 0 unspecified atom stereocenters. The van der Waals surface area contributed by atoms with E-state index in [0.29, 0.717) is 34.9 Å². The Bertz CT molecular complexity index is 1220. The molecule has 11 heteroatoms. The van der Waals surface area contributed by atoms with Crippen molar-refractivity contribution in [1.29, 1.82) is 0 Å². The van der Waals surface area contributed by atoms with Gasteiger partial charge in [-0.3, -0.25) is 4.72 Å². The molecule has 5 rings (SSSR count). The third-order valence-corrected chi connectivity index (χ3v) is 12.4. The van der Waals surface area contributed by atoms with Gasteiger partial charge < -0.3 is 4.90 Å². The first kappa shape index (κ1) is 22.5. The van der Waals surface area contributed by atoms with E-state index in [1.165, 1.54) is 29.3 Å². The average molecular weight is 516 g/mol. The molecular weight excluding hydrogens is 490 g/mol. The van der Waals surface area contributed by atoms with Crippen molar-refractivity contribution in [2.24, 2.45) is 5.41 Å². The largest absolute Gasteiger partial charge is 0.369 e. The number of anilines is 2. The third-order valence-electron chi connectivity index (χ3n) is 6.81. The Kier molecular flexibility index (Phi) is 5.73. The molecule has 174 valence electrons. The zero-order valence-corrected chi connectivity index (χ0v) is 20.8. The molecule has 2 saturated heterocycles. The van der Waals surface area contributed by atoms with Gasteiger partial charge >= 0.3 is 0 Å².